The molecule has 2 N–H and O–H groups in total. The average Bonchev–Trinajstić information content (AvgIpc) is 2.64. The van der Waals surface area contributed by atoms with E-state index in [1.807, 2.05) is 11.9 Å². The molecule has 1 aromatic carbocycles. The molecule has 1 saturated heterocycles. The number of para-hydroxylation sites is 1. The van der Waals surface area contributed by atoms with Gasteiger partial charge in [0.25, 0.3) is 0 Å². The van der Waals surface area contributed by atoms with Gasteiger partial charge in [-0.2, -0.15) is 0 Å². The summed E-state index contributed by atoms with van der Waals surface area (Å²) >= 11 is 0. The molecule has 1 heterocycles. The number of nitrogens with zero attached hydrogens (tertiary/aromatic N) is 2. The van der Waals surface area contributed by atoms with Crippen LogP contribution in [0, 0.1) is 5.82 Å². The van der Waals surface area contributed by atoms with Crippen LogP contribution < -0.4 is 10.6 Å². The van der Waals surface area contributed by atoms with Gasteiger partial charge in [0.15, 0.2) is 0 Å². The van der Waals surface area contributed by atoms with E-state index in [0.717, 1.165) is 19.5 Å². The summed E-state index contributed by atoms with van der Waals surface area (Å²) in [5.74, 6) is -0.239. The summed E-state index contributed by atoms with van der Waals surface area (Å²) in [4.78, 5) is 4.21. The van der Waals surface area contributed by atoms with Crippen LogP contribution in [0.25, 0.3) is 0 Å². The van der Waals surface area contributed by atoms with Crippen molar-refractivity contribution in [2.75, 3.05) is 37.8 Å². The van der Waals surface area contributed by atoms with Crippen molar-refractivity contribution in [3.05, 3.63) is 24.0 Å². The Hall–Kier alpha value is -1.29. The van der Waals surface area contributed by atoms with Crippen LogP contribution in [0.3, 0.4) is 0 Å². The second-order valence-electron chi connectivity index (χ2n) is 4.49. The lowest BCUT2D eigenvalue weighted by atomic mass is 10.1. The first kappa shape index (κ1) is 11.2. The number of likely N-dealkylation sites (tertiary alicyclic amines) is 1. The largest absolute Gasteiger partial charge is 0.397 e. The summed E-state index contributed by atoms with van der Waals surface area (Å²) in [5.41, 5.74) is 6.87. The first-order valence-corrected chi connectivity index (χ1v) is 5.55. The van der Waals surface area contributed by atoms with Crippen molar-refractivity contribution in [1.82, 2.24) is 4.90 Å². The van der Waals surface area contributed by atoms with Gasteiger partial charge in [0.2, 0.25) is 0 Å². The summed E-state index contributed by atoms with van der Waals surface area (Å²) < 4.78 is 13.7. The van der Waals surface area contributed by atoms with Crippen molar-refractivity contribution < 1.29 is 4.39 Å². The molecular formula is C12H18FN3. The highest BCUT2D eigenvalue weighted by Crippen LogP contribution is 2.29. The van der Waals surface area contributed by atoms with Crippen molar-refractivity contribution in [1.29, 1.82) is 0 Å². The Labute approximate surface area is 95.6 Å². The van der Waals surface area contributed by atoms with E-state index >= 15 is 0 Å². The third-order valence-corrected chi connectivity index (χ3v) is 3.28. The third kappa shape index (κ3) is 1.97. The minimum atomic E-state index is -0.239. The standard InChI is InChI=1S/C12H18FN3/c1-15-7-6-9(8-15)16(2)12-10(13)4-3-5-11(12)14/h3-5,9H,6-8,14H2,1-2H3. The molecule has 88 valence electrons. The first-order valence-electron chi connectivity index (χ1n) is 5.55. The molecule has 1 fully saturated rings. The molecule has 1 aliphatic rings. The highest BCUT2D eigenvalue weighted by Gasteiger charge is 2.25. The number of likely N-dealkylation sites (N-methyl/N-ethyl adjacent to an activating group) is 2. The molecule has 1 aromatic rings. The maximum Gasteiger partial charge on any atom is 0.148 e. The molecule has 1 aliphatic heterocycles. The van der Waals surface area contributed by atoms with Gasteiger partial charge >= 0.3 is 0 Å². The highest BCUT2D eigenvalue weighted by molar-refractivity contribution is 5.68. The average molecular weight is 223 g/mol. The molecule has 0 aromatic heterocycles. The third-order valence-electron chi connectivity index (χ3n) is 3.28. The number of hydrogen-bond donors (Lipinski definition) is 1. The van der Waals surface area contributed by atoms with Crippen LogP contribution in [0.2, 0.25) is 0 Å². The Morgan fingerprint density at radius 2 is 2.25 bits per heavy atom. The number of anilines is 2. The quantitative estimate of drug-likeness (QED) is 0.772. The molecular weight excluding hydrogens is 205 g/mol. The topological polar surface area (TPSA) is 32.5 Å². The van der Waals surface area contributed by atoms with Crippen LogP contribution in [0.15, 0.2) is 18.2 Å². The molecule has 2 rings (SSSR count). The number of nitrogen functional groups attached to an aromatic ring is 1. The zero-order chi connectivity index (χ0) is 11.7. The van der Waals surface area contributed by atoms with Gasteiger partial charge < -0.3 is 15.5 Å². The predicted octanol–water partition coefficient (Wildman–Crippen LogP) is 1.55. The van der Waals surface area contributed by atoms with E-state index in [1.54, 1.807) is 12.1 Å². The summed E-state index contributed by atoms with van der Waals surface area (Å²) in [6.45, 7) is 2.02. The zero-order valence-electron chi connectivity index (χ0n) is 9.78. The monoisotopic (exact) mass is 223 g/mol. The summed E-state index contributed by atoms with van der Waals surface area (Å²) in [6.07, 6.45) is 1.06. The Morgan fingerprint density at radius 3 is 2.81 bits per heavy atom. The van der Waals surface area contributed by atoms with Crippen molar-refractivity contribution in [3.8, 4) is 0 Å². The molecule has 3 nitrogen and oxygen atoms in total. The normalized spacial score (nSPS) is 21.3. The van der Waals surface area contributed by atoms with E-state index in [9.17, 15) is 4.39 Å². The molecule has 1 atom stereocenters. The van der Waals surface area contributed by atoms with Gasteiger partial charge in [0.1, 0.15) is 5.82 Å². The van der Waals surface area contributed by atoms with Crippen LogP contribution >= 0.6 is 0 Å². The highest BCUT2D eigenvalue weighted by atomic mass is 19.1. The van der Waals surface area contributed by atoms with E-state index in [2.05, 4.69) is 11.9 Å². The molecule has 0 radical (unpaired) electrons. The van der Waals surface area contributed by atoms with Gasteiger partial charge in [0, 0.05) is 19.6 Å². The molecule has 4 heteroatoms. The fourth-order valence-electron chi connectivity index (χ4n) is 2.31. The van der Waals surface area contributed by atoms with Gasteiger partial charge in [-0.3, -0.25) is 0 Å². The lowest BCUT2D eigenvalue weighted by Gasteiger charge is -2.28. The van der Waals surface area contributed by atoms with Crippen LogP contribution in [0.5, 0.6) is 0 Å². The van der Waals surface area contributed by atoms with E-state index in [0.29, 0.717) is 17.4 Å². The van der Waals surface area contributed by atoms with E-state index in [4.69, 9.17) is 5.73 Å². The van der Waals surface area contributed by atoms with Crippen LogP contribution in [0.1, 0.15) is 6.42 Å². The maximum absolute atomic E-state index is 13.7. The van der Waals surface area contributed by atoms with Gasteiger partial charge in [-0.05, 0) is 32.1 Å². The number of hydrogen-bond acceptors (Lipinski definition) is 3. The number of rotatable bonds is 2. The van der Waals surface area contributed by atoms with E-state index < -0.39 is 0 Å². The number of halogens is 1. The van der Waals surface area contributed by atoms with Crippen LogP contribution in [-0.2, 0) is 0 Å². The van der Waals surface area contributed by atoms with Gasteiger partial charge in [0.05, 0.1) is 11.4 Å². The number of benzene rings is 1. The molecule has 0 bridgehead atoms. The second kappa shape index (κ2) is 4.29. The summed E-state index contributed by atoms with van der Waals surface area (Å²) in [5, 5.41) is 0. The summed E-state index contributed by atoms with van der Waals surface area (Å²) in [6, 6.07) is 5.20. The Kier molecular flexibility index (Phi) is 3.01. The molecule has 0 aliphatic carbocycles. The smallest absolute Gasteiger partial charge is 0.148 e. The molecule has 0 saturated carbocycles. The molecule has 0 amide bonds. The van der Waals surface area contributed by atoms with Gasteiger partial charge in [-0.25, -0.2) is 4.39 Å². The van der Waals surface area contributed by atoms with Crippen molar-refractivity contribution in [3.63, 3.8) is 0 Å². The maximum atomic E-state index is 13.7. The second-order valence-corrected chi connectivity index (χ2v) is 4.49. The lowest BCUT2D eigenvalue weighted by molar-refractivity contribution is 0.409. The van der Waals surface area contributed by atoms with Gasteiger partial charge in [-0.15, -0.1) is 0 Å². The first-order chi connectivity index (χ1) is 7.59. The Balaban J connectivity index is 2.23. The Morgan fingerprint density at radius 1 is 1.50 bits per heavy atom. The minimum absolute atomic E-state index is 0.239. The van der Waals surface area contributed by atoms with E-state index in [1.165, 1.54) is 6.07 Å². The van der Waals surface area contributed by atoms with Crippen molar-refractivity contribution in [2.24, 2.45) is 0 Å². The number of nitrogens with two attached hydrogens (primary N) is 1. The molecule has 0 spiro atoms. The molecule has 16 heavy (non-hydrogen) atoms. The van der Waals surface area contributed by atoms with E-state index in [-0.39, 0.29) is 5.82 Å². The minimum Gasteiger partial charge on any atom is -0.397 e. The zero-order valence-corrected chi connectivity index (χ0v) is 9.78. The molecule has 1 unspecified atom stereocenters. The van der Waals surface area contributed by atoms with Gasteiger partial charge in [-0.1, -0.05) is 6.07 Å². The lowest BCUT2D eigenvalue weighted by Crippen LogP contribution is -2.34. The SMILES string of the molecule is CN1CCC(N(C)c2c(N)cccc2F)C1. The Bertz CT molecular complexity index is 360. The van der Waals surface area contributed by atoms with Crippen molar-refractivity contribution >= 4 is 11.4 Å². The summed E-state index contributed by atoms with van der Waals surface area (Å²) in [7, 11) is 4.00. The van der Waals surface area contributed by atoms with Crippen LogP contribution in [-0.4, -0.2) is 38.1 Å². The van der Waals surface area contributed by atoms with Crippen molar-refractivity contribution in [2.45, 2.75) is 12.5 Å². The van der Waals surface area contributed by atoms with Crippen LogP contribution in [0.4, 0.5) is 15.8 Å². The fraction of sp³-hybridized carbons (Fsp3) is 0.500. The fourth-order valence-corrected chi connectivity index (χ4v) is 2.31. The predicted molar refractivity (Wildman–Crippen MR) is 65.1 cm³/mol.